The number of ether oxygens (including phenoxy) is 1. The molecule has 1 aromatic carbocycles. The number of rotatable bonds is 6. The first-order chi connectivity index (χ1) is 13.8. The van der Waals surface area contributed by atoms with Crippen LogP contribution in [0.5, 0.6) is 0 Å². The molecule has 3 aromatic rings. The number of hydrogen-bond acceptors (Lipinski definition) is 4. The van der Waals surface area contributed by atoms with Gasteiger partial charge in [0, 0.05) is 26.0 Å². The predicted octanol–water partition coefficient (Wildman–Crippen LogP) is 4.42. The van der Waals surface area contributed by atoms with Crippen molar-refractivity contribution >= 4 is 17.2 Å². The Morgan fingerprint density at radius 1 is 1.04 bits per heavy atom. The molecule has 0 saturated carbocycles. The lowest BCUT2D eigenvalue weighted by molar-refractivity contribution is -0.142. The zero-order valence-electron chi connectivity index (χ0n) is 15.8. The molecule has 0 unspecified atom stereocenters. The van der Waals surface area contributed by atoms with Gasteiger partial charge in [-0.15, -0.1) is 0 Å². The molecule has 0 N–H and O–H groups in total. The SMILES string of the molecule is O=C(N(Cc1ccsc1)Cc1ccccn1)C1(c2ccccc2)CCOCC1. The third-order valence-corrected chi connectivity index (χ3v) is 6.13. The van der Waals surface area contributed by atoms with Crippen LogP contribution in [0.2, 0.25) is 0 Å². The number of nitrogens with zero attached hydrogens (tertiary/aromatic N) is 2. The number of carbonyl (C=O) groups excluding carboxylic acids is 1. The number of amides is 1. The average molecular weight is 393 g/mol. The van der Waals surface area contributed by atoms with Crippen molar-refractivity contribution < 1.29 is 9.53 Å². The molecular weight excluding hydrogens is 368 g/mol. The summed E-state index contributed by atoms with van der Waals surface area (Å²) in [5.41, 5.74) is 2.61. The largest absolute Gasteiger partial charge is 0.381 e. The van der Waals surface area contributed by atoms with Crippen LogP contribution in [0.4, 0.5) is 0 Å². The fourth-order valence-electron chi connectivity index (χ4n) is 3.90. The molecule has 3 heterocycles. The van der Waals surface area contributed by atoms with Crippen LogP contribution in [-0.4, -0.2) is 29.0 Å². The van der Waals surface area contributed by atoms with Crippen molar-refractivity contribution in [3.8, 4) is 0 Å². The molecular formula is C23H24N2O2S. The summed E-state index contributed by atoms with van der Waals surface area (Å²) in [5, 5.41) is 4.16. The number of pyridine rings is 1. The molecule has 28 heavy (non-hydrogen) atoms. The third-order valence-electron chi connectivity index (χ3n) is 5.40. The lowest BCUT2D eigenvalue weighted by Gasteiger charge is -2.40. The van der Waals surface area contributed by atoms with Crippen LogP contribution >= 0.6 is 11.3 Å². The van der Waals surface area contributed by atoms with Crippen molar-refractivity contribution in [3.63, 3.8) is 0 Å². The molecule has 1 fully saturated rings. The number of hydrogen-bond donors (Lipinski definition) is 0. The summed E-state index contributed by atoms with van der Waals surface area (Å²) < 4.78 is 5.62. The highest BCUT2D eigenvalue weighted by molar-refractivity contribution is 7.07. The van der Waals surface area contributed by atoms with Gasteiger partial charge in [-0.05, 0) is 52.9 Å². The minimum Gasteiger partial charge on any atom is -0.381 e. The quantitative estimate of drug-likeness (QED) is 0.624. The van der Waals surface area contributed by atoms with Crippen LogP contribution in [-0.2, 0) is 28.0 Å². The Bertz CT molecular complexity index is 875. The topological polar surface area (TPSA) is 42.4 Å². The van der Waals surface area contributed by atoms with Crippen LogP contribution < -0.4 is 0 Å². The molecule has 5 heteroatoms. The number of thiophene rings is 1. The molecule has 1 aliphatic heterocycles. The van der Waals surface area contributed by atoms with Crippen molar-refractivity contribution in [1.82, 2.24) is 9.88 Å². The van der Waals surface area contributed by atoms with E-state index in [1.807, 2.05) is 41.3 Å². The summed E-state index contributed by atoms with van der Waals surface area (Å²) >= 11 is 1.66. The molecule has 2 aromatic heterocycles. The Hall–Kier alpha value is -2.50. The fourth-order valence-corrected chi connectivity index (χ4v) is 4.56. The van der Waals surface area contributed by atoms with E-state index in [1.54, 1.807) is 17.5 Å². The predicted molar refractivity (Wildman–Crippen MR) is 111 cm³/mol. The van der Waals surface area contributed by atoms with Gasteiger partial charge in [-0.25, -0.2) is 0 Å². The zero-order chi connectivity index (χ0) is 19.2. The second-order valence-electron chi connectivity index (χ2n) is 7.17. The van der Waals surface area contributed by atoms with Gasteiger partial charge in [0.15, 0.2) is 0 Å². The molecule has 0 bridgehead atoms. The van der Waals surface area contributed by atoms with Crippen LogP contribution in [0.15, 0.2) is 71.6 Å². The summed E-state index contributed by atoms with van der Waals surface area (Å²) in [4.78, 5) is 20.4. The van der Waals surface area contributed by atoms with Gasteiger partial charge >= 0.3 is 0 Å². The normalized spacial score (nSPS) is 15.9. The highest BCUT2D eigenvalue weighted by Crippen LogP contribution is 2.37. The standard InChI is InChI=1S/C23H24N2O2S/c26-22(23(10-13-27-14-11-23)20-6-2-1-3-7-20)25(16-19-9-15-28-18-19)17-21-8-4-5-12-24-21/h1-9,12,15,18H,10-11,13-14,16-17H2. The van der Waals surface area contributed by atoms with Crippen LogP contribution in [0.1, 0.15) is 29.7 Å². The van der Waals surface area contributed by atoms with Crippen LogP contribution in [0.25, 0.3) is 0 Å². The highest BCUT2D eigenvalue weighted by Gasteiger charge is 2.44. The lowest BCUT2D eigenvalue weighted by atomic mass is 9.73. The Kier molecular flexibility index (Phi) is 5.84. The summed E-state index contributed by atoms with van der Waals surface area (Å²) in [5.74, 6) is 0.166. The molecule has 0 spiro atoms. The van der Waals surface area contributed by atoms with E-state index in [0.717, 1.165) is 16.8 Å². The first-order valence-corrected chi connectivity index (χ1v) is 10.6. The molecule has 1 saturated heterocycles. The minimum atomic E-state index is -0.537. The molecule has 1 aliphatic rings. The van der Waals surface area contributed by atoms with Crippen molar-refractivity contribution in [2.45, 2.75) is 31.3 Å². The molecule has 0 atom stereocenters. The van der Waals surface area contributed by atoms with Crippen molar-refractivity contribution in [3.05, 3.63) is 88.4 Å². The maximum absolute atomic E-state index is 14.0. The zero-order valence-corrected chi connectivity index (χ0v) is 16.6. The van der Waals surface area contributed by atoms with Crippen molar-refractivity contribution in [1.29, 1.82) is 0 Å². The summed E-state index contributed by atoms with van der Waals surface area (Å²) in [6.07, 6.45) is 3.19. The summed E-state index contributed by atoms with van der Waals surface area (Å²) in [7, 11) is 0. The molecule has 144 valence electrons. The average Bonchev–Trinajstić information content (AvgIpc) is 3.28. The van der Waals surface area contributed by atoms with E-state index in [0.29, 0.717) is 39.1 Å². The molecule has 0 aliphatic carbocycles. The summed E-state index contributed by atoms with van der Waals surface area (Å²) in [6, 6.07) is 18.1. The molecule has 4 nitrogen and oxygen atoms in total. The Morgan fingerprint density at radius 3 is 2.50 bits per heavy atom. The van der Waals surface area contributed by atoms with Gasteiger partial charge < -0.3 is 9.64 Å². The monoisotopic (exact) mass is 392 g/mol. The van der Waals surface area contributed by atoms with E-state index in [2.05, 4.69) is 33.9 Å². The smallest absolute Gasteiger partial charge is 0.234 e. The van der Waals surface area contributed by atoms with E-state index in [4.69, 9.17) is 4.74 Å². The van der Waals surface area contributed by atoms with Gasteiger partial charge in [-0.2, -0.15) is 11.3 Å². The maximum Gasteiger partial charge on any atom is 0.234 e. The Labute approximate surface area is 169 Å². The first-order valence-electron chi connectivity index (χ1n) is 9.62. The highest BCUT2D eigenvalue weighted by atomic mass is 32.1. The van der Waals surface area contributed by atoms with Crippen LogP contribution in [0.3, 0.4) is 0 Å². The number of carbonyl (C=O) groups is 1. The number of aromatic nitrogens is 1. The van der Waals surface area contributed by atoms with Gasteiger partial charge in [-0.1, -0.05) is 36.4 Å². The van der Waals surface area contributed by atoms with Gasteiger partial charge in [0.25, 0.3) is 0 Å². The Balaban J connectivity index is 1.69. The second kappa shape index (κ2) is 8.67. The third kappa shape index (κ3) is 4.01. The fraction of sp³-hybridized carbons (Fsp3) is 0.304. The van der Waals surface area contributed by atoms with Crippen LogP contribution in [0, 0.1) is 0 Å². The molecule has 0 radical (unpaired) electrons. The summed E-state index contributed by atoms with van der Waals surface area (Å²) in [6.45, 7) is 2.31. The first kappa shape index (κ1) is 18.8. The van der Waals surface area contributed by atoms with Gasteiger partial charge in [0.2, 0.25) is 5.91 Å². The Morgan fingerprint density at radius 2 is 1.82 bits per heavy atom. The molecule has 4 rings (SSSR count). The van der Waals surface area contributed by atoms with E-state index >= 15 is 0 Å². The van der Waals surface area contributed by atoms with Crippen molar-refractivity contribution in [2.75, 3.05) is 13.2 Å². The van der Waals surface area contributed by atoms with Gasteiger partial charge in [0.1, 0.15) is 0 Å². The second-order valence-corrected chi connectivity index (χ2v) is 7.95. The van der Waals surface area contributed by atoms with Gasteiger partial charge in [0.05, 0.1) is 17.7 Å². The van der Waals surface area contributed by atoms with E-state index in [-0.39, 0.29) is 5.91 Å². The maximum atomic E-state index is 14.0. The van der Waals surface area contributed by atoms with Crippen molar-refractivity contribution in [2.24, 2.45) is 0 Å². The van der Waals surface area contributed by atoms with E-state index in [9.17, 15) is 4.79 Å². The number of benzene rings is 1. The van der Waals surface area contributed by atoms with E-state index < -0.39 is 5.41 Å². The van der Waals surface area contributed by atoms with E-state index in [1.165, 1.54) is 0 Å². The lowest BCUT2D eigenvalue weighted by Crippen LogP contribution is -2.49. The van der Waals surface area contributed by atoms with Gasteiger partial charge in [-0.3, -0.25) is 9.78 Å². The minimum absolute atomic E-state index is 0.166. The molecule has 1 amide bonds.